The number of amides is 1. The minimum absolute atomic E-state index is 0.291. The van der Waals surface area contributed by atoms with E-state index >= 15 is 0 Å². The maximum atomic E-state index is 12.9. The zero-order valence-electron chi connectivity index (χ0n) is 16.1. The second-order valence-corrected chi connectivity index (χ2v) is 8.76. The van der Waals surface area contributed by atoms with Crippen molar-refractivity contribution in [1.29, 1.82) is 0 Å². The maximum Gasteiger partial charge on any atom is 0.342 e. The number of rotatable bonds is 5. The highest BCUT2D eigenvalue weighted by atomic mass is 35.5. The van der Waals surface area contributed by atoms with Crippen LogP contribution >= 0.6 is 34.5 Å². The average molecular weight is 448 g/mol. The van der Waals surface area contributed by atoms with Crippen molar-refractivity contribution in [2.45, 2.75) is 26.9 Å². The van der Waals surface area contributed by atoms with Gasteiger partial charge in [-0.15, -0.1) is 11.3 Å². The van der Waals surface area contributed by atoms with Crippen molar-refractivity contribution in [1.82, 2.24) is 0 Å². The SMILES string of the molecule is Cc1sc(NC(=O)c2ccc(Cl)cc2)c(C(=O)OC(C)C)c1-c1ccc(Cl)cc1. The number of hydrogen-bond donors (Lipinski definition) is 1. The Morgan fingerprint density at radius 1 is 0.966 bits per heavy atom. The minimum Gasteiger partial charge on any atom is -0.459 e. The third-order valence-corrected chi connectivity index (χ3v) is 5.62. The molecule has 3 rings (SSSR count). The number of esters is 1. The van der Waals surface area contributed by atoms with Crippen LogP contribution in [0.25, 0.3) is 11.1 Å². The predicted molar refractivity (Wildman–Crippen MR) is 119 cm³/mol. The first-order valence-corrected chi connectivity index (χ1v) is 10.5. The molecule has 1 amide bonds. The van der Waals surface area contributed by atoms with Gasteiger partial charge in [-0.05, 0) is 62.7 Å². The van der Waals surface area contributed by atoms with Crippen molar-refractivity contribution >= 4 is 51.4 Å². The van der Waals surface area contributed by atoms with Gasteiger partial charge in [0.25, 0.3) is 5.91 Å². The minimum atomic E-state index is -0.485. The monoisotopic (exact) mass is 447 g/mol. The van der Waals surface area contributed by atoms with Crippen molar-refractivity contribution in [3.8, 4) is 11.1 Å². The Balaban J connectivity index is 2.05. The Hall–Kier alpha value is -2.34. The van der Waals surface area contributed by atoms with E-state index in [1.54, 1.807) is 50.2 Å². The van der Waals surface area contributed by atoms with Crippen LogP contribution in [-0.2, 0) is 4.74 Å². The molecule has 0 bridgehead atoms. The summed E-state index contributed by atoms with van der Waals surface area (Å²) in [5.74, 6) is -0.815. The molecule has 0 aliphatic rings. The van der Waals surface area contributed by atoms with Gasteiger partial charge in [0.2, 0.25) is 0 Å². The summed E-state index contributed by atoms with van der Waals surface area (Å²) in [6, 6.07) is 13.7. The van der Waals surface area contributed by atoms with E-state index in [9.17, 15) is 9.59 Å². The highest BCUT2D eigenvalue weighted by molar-refractivity contribution is 7.17. The predicted octanol–water partition coefficient (Wildman–Crippen LogP) is 6.85. The fourth-order valence-electron chi connectivity index (χ4n) is 2.84. The van der Waals surface area contributed by atoms with Gasteiger partial charge in [0, 0.05) is 26.0 Å². The molecule has 0 atom stereocenters. The van der Waals surface area contributed by atoms with E-state index in [1.165, 1.54) is 11.3 Å². The van der Waals surface area contributed by atoms with Crippen LogP contribution < -0.4 is 5.32 Å². The number of carbonyl (C=O) groups excluding carboxylic acids is 2. The highest BCUT2D eigenvalue weighted by Gasteiger charge is 2.26. The van der Waals surface area contributed by atoms with E-state index in [-0.39, 0.29) is 12.0 Å². The van der Waals surface area contributed by atoms with Crippen LogP contribution in [-0.4, -0.2) is 18.0 Å². The number of benzene rings is 2. The lowest BCUT2D eigenvalue weighted by atomic mass is 10.0. The van der Waals surface area contributed by atoms with Gasteiger partial charge in [0.1, 0.15) is 10.6 Å². The molecule has 0 saturated carbocycles. The van der Waals surface area contributed by atoms with Crippen LogP contribution in [0.4, 0.5) is 5.00 Å². The Morgan fingerprint density at radius 3 is 2.07 bits per heavy atom. The molecule has 1 heterocycles. The molecule has 29 heavy (non-hydrogen) atoms. The first-order chi connectivity index (χ1) is 13.8. The summed E-state index contributed by atoms with van der Waals surface area (Å²) in [6.07, 6.45) is -0.291. The molecule has 0 spiro atoms. The normalized spacial score (nSPS) is 10.8. The molecule has 0 unspecified atom stereocenters. The van der Waals surface area contributed by atoms with E-state index in [0.29, 0.717) is 26.2 Å². The van der Waals surface area contributed by atoms with Crippen LogP contribution in [0.5, 0.6) is 0 Å². The first-order valence-electron chi connectivity index (χ1n) is 8.93. The second-order valence-electron chi connectivity index (χ2n) is 6.66. The number of carbonyl (C=O) groups is 2. The molecule has 7 heteroatoms. The number of aryl methyl sites for hydroxylation is 1. The number of ether oxygens (including phenoxy) is 1. The molecule has 150 valence electrons. The van der Waals surface area contributed by atoms with Crippen LogP contribution in [0.1, 0.15) is 39.4 Å². The maximum absolute atomic E-state index is 12.9. The number of anilines is 1. The molecule has 3 aromatic rings. The molecule has 0 aliphatic carbocycles. The van der Waals surface area contributed by atoms with Gasteiger partial charge in [0.15, 0.2) is 0 Å². The lowest BCUT2D eigenvalue weighted by Crippen LogP contribution is -2.16. The third-order valence-electron chi connectivity index (χ3n) is 4.10. The topological polar surface area (TPSA) is 55.4 Å². The Morgan fingerprint density at radius 2 is 1.52 bits per heavy atom. The number of halogens is 2. The van der Waals surface area contributed by atoms with E-state index in [2.05, 4.69) is 5.32 Å². The molecule has 0 radical (unpaired) electrons. The molecule has 1 aromatic heterocycles. The van der Waals surface area contributed by atoms with Crippen molar-refractivity contribution in [3.05, 3.63) is 74.6 Å². The van der Waals surface area contributed by atoms with Crippen molar-refractivity contribution < 1.29 is 14.3 Å². The van der Waals surface area contributed by atoms with Gasteiger partial charge in [-0.1, -0.05) is 35.3 Å². The smallest absolute Gasteiger partial charge is 0.342 e. The lowest BCUT2D eigenvalue weighted by Gasteiger charge is -2.12. The molecule has 0 saturated heterocycles. The van der Waals surface area contributed by atoms with E-state index in [0.717, 1.165) is 16.0 Å². The Kier molecular flexibility index (Phi) is 6.63. The van der Waals surface area contributed by atoms with Crippen LogP contribution in [0.2, 0.25) is 10.0 Å². The molecule has 2 aromatic carbocycles. The fraction of sp³-hybridized carbons (Fsp3) is 0.182. The first kappa shape index (κ1) is 21.4. The Bertz CT molecular complexity index is 1040. The van der Waals surface area contributed by atoms with Crippen molar-refractivity contribution in [2.24, 2.45) is 0 Å². The van der Waals surface area contributed by atoms with Gasteiger partial charge < -0.3 is 10.1 Å². The molecule has 1 N–H and O–H groups in total. The fourth-order valence-corrected chi connectivity index (χ4v) is 4.15. The zero-order chi connectivity index (χ0) is 21.1. The molecular formula is C22H19Cl2NO3S. The second kappa shape index (κ2) is 8.99. The van der Waals surface area contributed by atoms with Gasteiger partial charge in [-0.25, -0.2) is 4.79 Å². The summed E-state index contributed by atoms with van der Waals surface area (Å²) in [5, 5.41) is 4.44. The van der Waals surface area contributed by atoms with E-state index in [4.69, 9.17) is 27.9 Å². The van der Waals surface area contributed by atoms with Gasteiger partial charge in [-0.3, -0.25) is 4.79 Å². The summed E-state index contributed by atoms with van der Waals surface area (Å²) >= 11 is 13.2. The Labute approximate surface area is 183 Å². The van der Waals surface area contributed by atoms with Crippen LogP contribution in [0, 0.1) is 6.92 Å². The highest BCUT2D eigenvalue weighted by Crippen LogP contribution is 2.41. The number of nitrogens with one attached hydrogen (secondary N) is 1. The van der Waals surface area contributed by atoms with E-state index in [1.807, 2.05) is 19.1 Å². The summed E-state index contributed by atoms with van der Waals surface area (Å²) in [4.78, 5) is 26.5. The standard InChI is InChI=1S/C22H19Cl2NO3S/c1-12(2)28-22(27)19-18(14-4-8-16(23)9-5-14)13(3)29-21(19)25-20(26)15-6-10-17(24)11-7-15/h4-12H,1-3H3,(H,25,26). The lowest BCUT2D eigenvalue weighted by molar-refractivity contribution is 0.0380. The third kappa shape index (κ3) is 4.99. The van der Waals surface area contributed by atoms with E-state index < -0.39 is 5.97 Å². The largest absolute Gasteiger partial charge is 0.459 e. The summed E-state index contributed by atoms with van der Waals surface area (Å²) < 4.78 is 5.45. The van der Waals surface area contributed by atoms with Gasteiger partial charge in [0.05, 0.1) is 6.10 Å². The summed E-state index contributed by atoms with van der Waals surface area (Å²) in [5.41, 5.74) is 2.33. The molecule has 0 fully saturated rings. The van der Waals surface area contributed by atoms with Gasteiger partial charge in [-0.2, -0.15) is 0 Å². The summed E-state index contributed by atoms with van der Waals surface area (Å²) in [6.45, 7) is 5.47. The molecule has 0 aliphatic heterocycles. The van der Waals surface area contributed by atoms with Crippen LogP contribution in [0.15, 0.2) is 48.5 Å². The average Bonchev–Trinajstić information content (AvgIpc) is 2.98. The summed E-state index contributed by atoms with van der Waals surface area (Å²) in [7, 11) is 0. The number of hydrogen-bond acceptors (Lipinski definition) is 4. The van der Waals surface area contributed by atoms with Crippen molar-refractivity contribution in [2.75, 3.05) is 5.32 Å². The zero-order valence-corrected chi connectivity index (χ0v) is 18.4. The quantitative estimate of drug-likeness (QED) is 0.435. The van der Waals surface area contributed by atoms with Gasteiger partial charge >= 0.3 is 5.97 Å². The van der Waals surface area contributed by atoms with Crippen LogP contribution in [0.3, 0.4) is 0 Å². The molecular weight excluding hydrogens is 429 g/mol. The molecule has 4 nitrogen and oxygen atoms in total. The number of thiophene rings is 1. The van der Waals surface area contributed by atoms with Crippen molar-refractivity contribution in [3.63, 3.8) is 0 Å².